The number of carbonyl (C=O) groups excluding carboxylic acids is 2. The molecule has 0 N–H and O–H groups in total. The minimum atomic E-state index is -0.853. The van der Waals surface area contributed by atoms with Crippen LogP contribution in [0.5, 0.6) is 0 Å². The number of amides is 2. The van der Waals surface area contributed by atoms with Crippen LogP contribution in [-0.2, 0) is 14.4 Å². The molecule has 2 amide bonds. The lowest BCUT2D eigenvalue weighted by Gasteiger charge is -2.39. The van der Waals surface area contributed by atoms with E-state index in [0.717, 1.165) is 9.88 Å². The summed E-state index contributed by atoms with van der Waals surface area (Å²) in [5, 5.41) is 1.69. The van der Waals surface area contributed by atoms with Gasteiger partial charge in [0, 0.05) is 7.05 Å². The van der Waals surface area contributed by atoms with Crippen LogP contribution in [0.2, 0.25) is 0 Å². The van der Waals surface area contributed by atoms with Gasteiger partial charge in [-0.05, 0) is 31.5 Å². The van der Waals surface area contributed by atoms with E-state index in [9.17, 15) is 9.59 Å². The van der Waals surface area contributed by atoms with E-state index >= 15 is 0 Å². The second-order valence-corrected chi connectivity index (χ2v) is 10.3. The Balaban J connectivity index is 1.57. The molecule has 3 heterocycles. The van der Waals surface area contributed by atoms with Gasteiger partial charge in [-0.15, -0.1) is 0 Å². The third-order valence-electron chi connectivity index (χ3n) is 6.49. The lowest BCUT2D eigenvalue weighted by molar-refractivity contribution is -0.188. The van der Waals surface area contributed by atoms with Crippen LogP contribution in [0, 0.1) is 5.92 Å². The molecule has 3 fully saturated rings. The van der Waals surface area contributed by atoms with Crippen molar-refractivity contribution in [3.8, 4) is 0 Å². The van der Waals surface area contributed by atoms with Crippen molar-refractivity contribution in [2.45, 2.75) is 36.9 Å². The number of para-hydroxylation sites is 1. The fourth-order valence-corrected chi connectivity index (χ4v) is 6.38. The van der Waals surface area contributed by atoms with E-state index in [-0.39, 0.29) is 28.8 Å². The van der Waals surface area contributed by atoms with Crippen LogP contribution >= 0.6 is 24.0 Å². The molecule has 3 aliphatic rings. The summed E-state index contributed by atoms with van der Waals surface area (Å²) in [5.74, 6) is -1.17. The Kier molecular flexibility index (Phi) is 4.93. The first-order valence-corrected chi connectivity index (χ1v) is 11.5. The van der Waals surface area contributed by atoms with E-state index in [0.29, 0.717) is 5.69 Å². The Morgan fingerprint density at radius 1 is 0.968 bits per heavy atom. The normalized spacial score (nSPS) is 30.4. The molecule has 0 saturated carbocycles. The predicted molar refractivity (Wildman–Crippen MR) is 124 cm³/mol. The number of anilines is 1. The van der Waals surface area contributed by atoms with Crippen molar-refractivity contribution in [1.29, 1.82) is 0 Å². The van der Waals surface area contributed by atoms with Crippen LogP contribution in [0.15, 0.2) is 60.7 Å². The van der Waals surface area contributed by atoms with Crippen molar-refractivity contribution in [2.75, 3.05) is 11.9 Å². The number of hydroxylamine groups is 2. The van der Waals surface area contributed by atoms with E-state index in [4.69, 9.17) is 17.1 Å². The number of hydrogen-bond acceptors (Lipinski definition) is 6. The summed E-state index contributed by atoms with van der Waals surface area (Å²) in [6.45, 7) is 4.20. The maximum Gasteiger partial charge on any atom is 0.265 e. The molecule has 4 atom stereocenters. The minimum Gasteiger partial charge on any atom is -0.353 e. The van der Waals surface area contributed by atoms with Gasteiger partial charge < -0.3 is 4.90 Å². The van der Waals surface area contributed by atoms with Crippen molar-refractivity contribution in [3.05, 3.63) is 66.2 Å². The largest absolute Gasteiger partial charge is 0.353 e. The number of imide groups is 1. The third-order valence-corrected chi connectivity index (χ3v) is 8.53. The molecule has 5 rings (SSSR count). The summed E-state index contributed by atoms with van der Waals surface area (Å²) >= 11 is 7.09. The number of fused-ring (bicyclic) bond motifs is 1. The highest BCUT2D eigenvalue weighted by Crippen LogP contribution is 2.52. The van der Waals surface area contributed by atoms with Gasteiger partial charge in [-0.1, -0.05) is 72.5 Å². The summed E-state index contributed by atoms with van der Waals surface area (Å²) in [6, 6.07) is 18.5. The molecule has 0 unspecified atom stereocenters. The minimum absolute atomic E-state index is 0.161. The average molecular weight is 454 g/mol. The zero-order valence-corrected chi connectivity index (χ0v) is 19.1. The second-order valence-electron chi connectivity index (χ2n) is 8.56. The van der Waals surface area contributed by atoms with Crippen LogP contribution in [0.4, 0.5) is 5.69 Å². The molecule has 2 aromatic rings. The van der Waals surface area contributed by atoms with Gasteiger partial charge in [0.1, 0.15) is 9.69 Å². The SMILES string of the molecule is CN1C(=S)S[C@@H](N2O[C@H]3C(=O)N(c4ccccc4)C(=O)[C@@H]3[C@H]2c2ccccc2)C1(C)C. The van der Waals surface area contributed by atoms with Crippen LogP contribution in [0.3, 0.4) is 0 Å². The van der Waals surface area contributed by atoms with E-state index < -0.39 is 12.0 Å². The number of carbonyl (C=O) groups is 2. The maximum atomic E-state index is 13.6. The van der Waals surface area contributed by atoms with Crippen molar-refractivity contribution >= 4 is 45.8 Å². The monoisotopic (exact) mass is 453 g/mol. The van der Waals surface area contributed by atoms with E-state index in [2.05, 4.69) is 18.7 Å². The predicted octanol–water partition coefficient (Wildman–Crippen LogP) is 3.60. The van der Waals surface area contributed by atoms with Crippen LogP contribution in [-0.4, -0.2) is 50.2 Å². The quantitative estimate of drug-likeness (QED) is 0.520. The zero-order chi connectivity index (χ0) is 21.9. The fraction of sp³-hybridized carbons (Fsp3) is 0.348. The number of hydrogen-bond donors (Lipinski definition) is 0. The van der Waals surface area contributed by atoms with Crippen molar-refractivity contribution in [1.82, 2.24) is 9.96 Å². The number of rotatable bonds is 3. The van der Waals surface area contributed by atoms with Crippen LogP contribution in [0.1, 0.15) is 25.5 Å². The molecular weight excluding hydrogens is 430 g/mol. The molecular formula is C23H23N3O3S2. The van der Waals surface area contributed by atoms with Gasteiger partial charge in [-0.3, -0.25) is 14.4 Å². The number of thioether (sulfide) groups is 1. The lowest BCUT2D eigenvalue weighted by Crippen LogP contribution is -2.51. The van der Waals surface area contributed by atoms with E-state index in [1.807, 2.05) is 60.6 Å². The lowest BCUT2D eigenvalue weighted by atomic mass is 9.90. The number of thiocarbonyl (C=S) groups is 1. The molecule has 3 aliphatic heterocycles. The summed E-state index contributed by atoms with van der Waals surface area (Å²) < 4.78 is 0.769. The summed E-state index contributed by atoms with van der Waals surface area (Å²) in [5.41, 5.74) is 1.19. The highest BCUT2D eigenvalue weighted by atomic mass is 32.2. The molecule has 31 heavy (non-hydrogen) atoms. The van der Waals surface area contributed by atoms with Crippen LogP contribution in [0.25, 0.3) is 0 Å². The summed E-state index contributed by atoms with van der Waals surface area (Å²) in [6.07, 6.45) is -0.853. The van der Waals surface area contributed by atoms with Gasteiger partial charge in [0.05, 0.1) is 23.2 Å². The first-order chi connectivity index (χ1) is 14.8. The topological polar surface area (TPSA) is 53.1 Å². The van der Waals surface area contributed by atoms with Gasteiger partial charge in [-0.25, -0.2) is 4.90 Å². The third kappa shape index (κ3) is 3.04. The summed E-state index contributed by atoms with van der Waals surface area (Å²) in [4.78, 5) is 36.6. The number of nitrogens with zero attached hydrogens (tertiary/aromatic N) is 3. The molecule has 3 saturated heterocycles. The zero-order valence-electron chi connectivity index (χ0n) is 17.5. The van der Waals surface area contributed by atoms with Crippen molar-refractivity contribution in [2.24, 2.45) is 5.92 Å². The molecule has 0 spiro atoms. The fourth-order valence-electron chi connectivity index (χ4n) is 4.55. The first-order valence-electron chi connectivity index (χ1n) is 10.2. The molecule has 0 aromatic heterocycles. The Morgan fingerprint density at radius 3 is 2.16 bits per heavy atom. The Bertz CT molecular complexity index is 1050. The van der Waals surface area contributed by atoms with Crippen molar-refractivity contribution < 1.29 is 14.4 Å². The molecule has 160 valence electrons. The molecule has 8 heteroatoms. The molecule has 6 nitrogen and oxygen atoms in total. The van der Waals surface area contributed by atoms with Crippen LogP contribution < -0.4 is 4.90 Å². The molecule has 0 radical (unpaired) electrons. The Labute approximate surface area is 191 Å². The number of benzene rings is 2. The standard InChI is InChI=1S/C23H23N3O3S2/c1-23(2)21(31-22(30)24(23)3)26-17(14-10-6-4-7-11-14)16-18(29-26)20(28)25(19(16)27)15-12-8-5-9-13-15/h4-13,16-18,21H,1-3H3/t16-,17-,18-,21-/m1/s1. The number of likely N-dealkylation sites (N-methyl/N-ethyl adjacent to an activating group) is 1. The molecule has 0 aliphatic carbocycles. The molecule has 0 bridgehead atoms. The Hall–Kier alpha value is -2.26. The van der Waals surface area contributed by atoms with E-state index in [1.165, 1.54) is 16.7 Å². The van der Waals surface area contributed by atoms with Gasteiger partial charge >= 0.3 is 0 Å². The highest BCUT2D eigenvalue weighted by Gasteiger charge is 2.63. The Morgan fingerprint density at radius 2 is 1.58 bits per heavy atom. The van der Waals surface area contributed by atoms with Gasteiger partial charge in [0.2, 0.25) is 5.91 Å². The summed E-state index contributed by atoms with van der Waals surface area (Å²) in [7, 11) is 1.97. The molecule has 2 aromatic carbocycles. The average Bonchev–Trinajstić information content (AvgIpc) is 3.34. The van der Waals surface area contributed by atoms with E-state index in [1.54, 1.807) is 12.1 Å². The van der Waals surface area contributed by atoms with Crippen molar-refractivity contribution in [3.63, 3.8) is 0 Å². The van der Waals surface area contributed by atoms with Gasteiger partial charge in [0.15, 0.2) is 6.10 Å². The maximum absolute atomic E-state index is 13.6. The smallest absolute Gasteiger partial charge is 0.265 e. The highest BCUT2D eigenvalue weighted by molar-refractivity contribution is 8.23. The first kappa shape index (κ1) is 20.6. The second kappa shape index (κ2) is 7.41. The van der Waals surface area contributed by atoms with Gasteiger partial charge in [-0.2, -0.15) is 5.06 Å². The van der Waals surface area contributed by atoms with Gasteiger partial charge in [0.25, 0.3) is 5.91 Å².